The molecule has 0 spiro atoms. The largest absolute Gasteiger partial charge is 0.380 e. The topological polar surface area (TPSA) is 24.5 Å². The van der Waals surface area contributed by atoms with Gasteiger partial charge in [-0.05, 0) is 18.8 Å². The van der Waals surface area contributed by atoms with E-state index in [1.807, 2.05) is 0 Å². The van der Waals surface area contributed by atoms with E-state index in [-0.39, 0.29) is 0 Å². The molecule has 1 rings (SSSR count). The highest BCUT2D eigenvalue weighted by atomic mass is 16.5. The van der Waals surface area contributed by atoms with Crippen LogP contribution < -0.4 is 5.32 Å². The van der Waals surface area contributed by atoms with E-state index in [1.54, 1.807) is 0 Å². The first kappa shape index (κ1) is 14.9. The molecule has 0 aliphatic carbocycles. The van der Waals surface area contributed by atoms with E-state index < -0.39 is 0 Å². The second kappa shape index (κ2) is 7.34. The van der Waals surface area contributed by atoms with Crippen molar-refractivity contribution in [1.29, 1.82) is 0 Å². The molecule has 1 saturated heterocycles. The van der Waals surface area contributed by atoms with E-state index >= 15 is 0 Å². The molecule has 102 valence electrons. The van der Waals surface area contributed by atoms with Crippen molar-refractivity contribution in [3.8, 4) is 0 Å². The van der Waals surface area contributed by atoms with Crippen LogP contribution in [0.2, 0.25) is 0 Å². The van der Waals surface area contributed by atoms with E-state index in [0.717, 1.165) is 39.4 Å². The van der Waals surface area contributed by atoms with Crippen molar-refractivity contribution in [2.45, 2.75) is 46.1 Å². The summed E-state index contributed by atoms with van der Waals surface area (Å²) in [4.78, 5) is 2.63. The summed E-state index contributed by atoms with van der Waals surface area (Å²) in [7, 11) is 0. The Labute approximate surface area is 107 Å². The number of hydrogen-bond acceptors (Lipinski definition) is 3. The van der Waals surface area contributed by atoms with Crippen molar-refractivity contribution in [2.75, 3.05) is 39.4 Å². The maximum Gasteiger partial charge on any atom is 0.0593 e. The molecule has 0 amide bonds. The molecule has 3 heteroatoms. The molecule has 0 atom stereocenters. The van der Waals surface area contributed by atoms with Crippen molar-refractivity contribution in [3.05, 3.63) is 0 Å². The van der Waals surface area contributed by atoms with Crippen LogP contribution in [0.5, 0.6) is 0 Å². The Morgan fingerprint density at radius 1 is 1.29 bits per heavy atom. The Hall–Kier alpha value is -0.120. The maximum atomic E-state index is 5.72. The molecule has 0 bridgehead atoms. The molecule has 1 N–H and O–H groups in total. The number of ether oxygens (including phenoxy) is 1. The fraction of sp³-hybridized carbons (Fsp3) is 1.00. The number of piperazine rings is 1. The van der Waals surface area contributed by atoms with Gasteiger partial charge in [0.1, 0.15) is 0 Å². The van der Waals surface area contributed by atoms with Gasteiger partial charge in [0.25, 0.3) is 0 Å². The lowest BCUT2D eigenvalue weighted by Gasteiger charge is -2.47. The predicted octanol–water partition coefficient (Wildman–Crippen LogP) is 2.12. The minimum absolute atomic E-state index is 0.361. The van der Waals surface area contributed by atoms with E-state index in [2.05, 4.69) is 37.9 Å². The minimum atomic E-state index is 0.361. The van der Waals surface area contributed by atoms with E-state index in [4.69, 9.17) is 4.74 Å². The van der Waals surface area contributed by atoms with Crippen molar-refractivity contribution < 1.29 is 4.74 Å². The molecule has 0 saturated carbocycles. The van der Waals surface area contributed by atoms with Crippen LogP contribution in [0, 0.1) is 5.92 Å². The molecule has 3 nitrogen and oxygen atoms in total. The molecule has 0 unspecified atom stereocenters. The molecule has 1 aliphatic heterocycles. The number of rotatable bonds is 7. The van der Waals surface area contributed by atoms with Crippen LogP contribution in [0.3, 0.4) is 0 Å². The molecule has 0 aromatic rings. The van der Waals surface area contributed by atoms with Crippen LogP contribution in [0.25, 0.3) is 0 Å². The van der Waals surface area contributed by atoms with Gasteiger partial charge in [0.2, 0.25) is 0 Å². The quantitative estimate of drug-likeness (QED) is 0.692. The third-order valence-corrected chi connectivity index (χ3v) is 3.96. The van der Waals surface area contributed by atoms with Gasteiger partial charge in [-0.1, -0.05) is 27.7 Å². The zero-order valence-electron chi connectivity index (χ0n) is 12.1. The number of hydrogen-bond donors (Lipinski definition) is 1. The highest BCUT2D eigenvalue weighted by Crippen LogP contribution is 2.24. The highest BCUT2D eigenvalue weighted by Gasteiger charge is 2.34. The van der Waals surface area contributed by atoms with Gasteiger partial charge in [0.05, 0.1) is 6.61 Å². The van der Waals surface area contributed by atoms with Gasteiger partial charge in [0.15, 0.2) is 0 Å². The Bertz CT molecular complexity index is 202. The zero-order chi connectivity index (χ0) is 12.7. The molecular formula is C14H30N2O. The zero-order valence-corrected chi connectivity index (χ0v) is 12.1. The third-order valence-electron chi connectivity index (χ3n) is 3.96. The van der Waals surface area contributed by atoms with Crippen LogP contribution >= 0.6 is 0 Å². The highest BCUT2D eigenvalue weighted by molar-refractivity contribution is 4.93. The normalized spacial score (nSPS) is 21.0. The van der Waals surface area contributed by atoms with E-state index in [0.29, 0.717) is 11.5 Å². The number of nitrogens with zero attached hydrogens (tertiary/aromatic N) is 1. The van der Waals surface area contributed by atoms with Crippen LogP contribution in [-0.2, 0) is 4.74 Å². The Morgan fingerprint density at radius 2 is 2.00 bits per heavy atom. The van der Waals surface area contributed by atoms with Gasteiger partial charge in [0, 0.05) is 38.3 Å². The third kappa shape index (κ3) is 4.23. The van der Waals surface area contributed by atoms with E-state index in [9.17, 15) is 0 Å². The van der Waals surface area contributed by atoms with Gasteiger partial charge < -0.3 is 10.1 Å². The monoisotopic (exact) mass is 242 g/mol. The first-order chi connectivity index (χ1) is 8.14. The average molecular weight is 242 g/mol. The summed E-state index contributed by atoms with van der Waals surface area (Å²) in [5.74, 6) is 0.639. The molecular weight excluding hydrogens is 212 g/mol. The fourth-order valence-electron chi connectivity index (χ4n) is 2.67. The van der Waals surface area contributed by atoms with Crippen molar-refractivity contribution in [1.82, 2.24) is 10.2 Å². The van der Waals surface area contributed by atoms with Gasteiger partial charge >= 0.3 is 0 Å². The number of nitrogens with one attached hydrogen (secondary N) is 1. The lowest BCUT2D eigenvalue weighted by molar-refractivity contribution is 0.0144. The molecule has 17 heavy (non-hydrogen) atoms. The summed E-state index contributed by atoms with van der Waals surface area (Å²) in [6.07, 6.45) is 2.45. The summed E-state index contributed by atoms with van der Waals surface area (Å²) >= 11 is 0. The Morgan fingerprint density at radius 3 is 2.59 bits per heavy atom. The average Bonchev–Trinajstić information content (AvgIpc) is 2.35. The molecule has 1 fully saturated rings. The van der Waals surface area contributed by atoms with Gasteiger partial charge in [-0.25, -0.2) is 0 Å². The van der Waals surface area contributed by atoms with Crippen molar-refractivity contribution >= 4 is 0 Å². The lowest BCUT2D eigenvalue weighted by atomic mass is 9.88. The Kier molecular flexibility index (Phi) is 6.45. The molecule has 0 radical (unpaired) electrons. The standard InChI is InChI=1S/C14H30N2O/c1-5-14(6-2)12-15-7-8-16(14)9-10-17-11-13(3)4/h13,15H,5-12H2,1-4H3. The van der Waals surface area contributed by atoms with Crippen LogP contribution in [0.1, 0.15) is 40.5 Å². The summed E-state index contributed by atoms with van der Waals surface area (Å²) in [5, 5.41) is 3.53. The maximum absolute atomic E-state index is 5.72. The first-order valence-corrected chi connectivity index (χ1v) is 7.18. The fourth-order valence-corrected chi connectivity index (χ4v) is 2.67. The van der Waals surface area contributed by atoms with Crippen LogP contribution in [0.4, 0.5) is 0 Å². The van der Waals surface area contributed by atoms with Gasteiger partial charge in [-0.15, -0.1) is 0 Å². The summed E-state index contributed by atoms with van der Waals surface area (Å²) < 4.78 is 5.72. The lowest BCUT2D eigenvalue weighted by Crippen LogP contribution is -2.61. The summed E-state index contributed by atoms with van der Waals surface area (Å²) in [6, 6.07) is 0. The molecule has 1 heterocycles. The van der Waals surface area contributed by atoms with Gasteiger partial charge in [-0.3, -0.25) is 4.90 Å². The molecule has 0 aromatic carbocycles. The van der Waals surface area contributed by atoms with E-state index in [1.165, 1.54) is 12.8 Å². The minimum Gasteiger partial charge on any atom is -0.380 e. The smallest absolute Gasteiger partial charge is 0.0593 e. The summed E-state index contributed by atoms with van der Waals surface area (Å²) in [6.45, 7) is 15.3. The second-order valence-corrected chi connectivity index (χ2v) is 5.56. The van der Waals surface area contributed by atoms with Crippen molar-refractivity contribution in [3.63, 3.8) is 0 Å². The SMILES string of the molecule is CCC1(CC)CNCCN1CCOCC(C)C. The van der Waals surface area contributed by atoms with Crippen LogP contribution in [0.15, 0.2) is 0 Å². The predicted molar refractivity (Wildman–Crippen MR) is 73.4 cm³/mol. The van der Waals surface area contributed by atoms with Gasteiger partial charge in [-0.2, -0.15) is 0 Å². The first-order valence-electron chi connectivity index (χ1n) is 7.18. The summed E-state index contributed by atoms with van der Waals surface area (Å²) in [5.41, 5.74) is 0.361. The second-order valence-electron chi connectivity index (χ2n) is 5.56. The molecule has 0 aromatic heterocycles. The molecule has 1 aliphatic rings. The Balaban J connectivity index is 2.37. The van der Waals surface area contributed by atoms with Crippen molar-refractivity contribution in [2.24, 2.45) is 5.92 Å². The van der Waals surface area contributed by atoms with Crippen LogP contribution in [-0.4, -0.2) is 49.8 Å².